The van der Waals surface area contributed by atoms with Crippen molar-refractivity contribution in [3.8, 4) is 11.4 Å². The predicted molar refractivity (Wildman–Crippen MR) is 373 cm³/mol. The number of aromatic nitrogens is 11. The predicted octanol–water partition coefficient (Wildman–Crippen LogP) is 9.83. The normalized spacial score (nSPS) is 16.2. The molecule has 0 aliphatic carbocycles. The molecule has 0 radical (unpaired) electrons. The highest BCUT2D eigenvalue weighted by Gasteiger charge is 2.28. The van der Waals surface area contributed by atoms with E-state index in [-0.39, 0.29) is 25.4 Å². The molecule has 5 aliphatic heterocycles. The first kappa shape index (κ1) is 65.1. The van der Waals surface area contributed by atoms with Gasteiger partial charge in [0, 0.05) is 110 Å². The van der Waals surface area contributed by atoms with Gasteiger partial charge in [0.1, 0.15) is 16.6 Å². The number of halogens is 3. The van der Waals surface area contributed by atoms with Crippen LogP contribution in [-0.4, -0.2) is 204 Å². The Hall–Kier alpha value is -8.55. The van der Waals surface area contributed by atoms with Gasteiger partial charge in [0.2, 0.25) is 27.7 Å². The fourth-order valence-corrected chi connectivity index (χ4v) is 12.8. The molecule has 0 spiro atoms. The van der Waals surface area contributed by atoms with E-state index in [0.29, 0.717) is 107 Å². The van der Waals surface area contributed by atoms with Crippen LogP contribution in [0, 0.1) is 0 Å². The van der Waals surface area contributed by atoms with Crippen molar-refractivity contribution in [1.82, 2.24) is 54.8 Å². The van der Waals surface area contributed by atoms with E-state index in [9.17, 15) is 0 Å². The Morgan fingerprint density at radius 2 is 0.821 bits per heavy atom. The third-order valence-electron chi connectivity index (χ3n) is 16.8. The number of pyridine rings is 3. The summed E-state index contributed by atoms with van der Waals surface area (Å²) in [6, 6.07) is 21.5. The van der Waals surface area contributed by atoms with Crippen LogP contribution in [-0.2, 0) is 23.7 Å². The smallest absolute Gasteiger partial charge is 0.432 e. The third kappa shape index (κ3) is 13.4. The Morgan fingerprint density at radius 3 is 1.28 bits per heavy atom. The first-order valence-electron chi connectivity index (χ1n) is 30.6. The minimum absolute atomic E-state index is 0. The molecule has 18 rings (SSSR count). The molecule has 2 aromatic carbocycles. The first-order chi connectivity index (χ1) is 45.6. The molecule has 5 fully saturated rings. The van der Waals surface area contributed by atoms with E-state index in [1.165, 1.54) is 0 Å². The summed E-state index contributed by atoms with van der Waals surface area (Å²) in [4.78, 5) is 58.2. The molecule has 4 N–H and O–H groups in total. The van der Waals surface area contributed by atoms with Gasteiger partial charge in [-0.15, -0.1) is 0 Å². The maximum Gasteiger partial charge on any atom is 0.489 e. The Morgan fingerprint density at radius 1 is 0.432 bits per heavy atom. The molecular weight excluding hydrogens is 1330 g/mol. The number of aromatic amines is 2. The molecule has 30 heteroatoms. The van der Waals surface area contributed by atoms with Crippen LogP contribution in [0.2, 0.25) is 10.6 Å². The highest BCUT2D eigenvalue weighted by molar-refractivity contribution is 9.10. The zero-order chi connectivity index (χ0) is 62.9. The average Bonchev–Trinajstić information content (AvgIpc) is 1.66. The fourth-order valence-electron chi connectivity index (χ4n) is 12.1. The number of anilines is 5. The molecule has 26 nitrogen and oxygen atoms in total. The Bertz CT molecular complexity index is 4830. The van der Waals surface area contributed by atoms with Crippen LogP contribution < -0.4 is 30.0 Å². The monoisotopic (exact) mass is 1390 g/mol. The second-order valence-electron chi connectivity index (χ2n) is 22.3. The number of rotatable bonds is 7. The van der Waals surface area contributed by atoms with E-state index in [0.717, 1.165) is 163 Å². The van der Waals surface area contributed by atoms with Crippen molar-refractivity contribution >= 4 is 169 Å². The van der Waals surface area contributed by atoms with E-state index in [1.54, 1.807) is 24.5 Å². The summed E-state index contributed by atoms with van der Waals surface area (Å²) in [5.74, 6) is 2.87. The first-order valence-corrected chi connectivity index (χ1v) is 32.1. The fraction of sp³-hybridized carbons (Fsp3) is 0.338. The molecule has 11 aromatic heterocycles. The number of fused-ring (bicyclic) bond motifs is 11. The number of furan rings is 3. The molecule has 0 saturated carbocycles. The van der Waals surface area contributed by atoms with E-state index in [1.807, 2.05) is 42.9 Å². The van der Waals surface area contributed by atoms with Crippen LogP contribution in [0.5, 0.6) is 0 Å². The van der Waals surface area contributed by atoms with Gasteiger partial charge in [-0.05, 0) is 92.4 Å². The molecule has 95 heavy (non-hydrogen) atoms. The van der Waals surface area contributed by atoms with Gasteiger partial charge in [-0.1, -0.05) is 39.1 Å². The maximum absolute atomic E-state index is 8.98. The van der Waals surface area contributed by atoms with Crippen molar-refractivity contribution in [2.75, 3.05) is 156 Å². The Balaban J connectivity index is 0.000000120. The molecule has 0 unspecified atom stereocenters. The largest absolute Gasteiger partial charge is 0.489 e. The third-order valence-corrected chi connectivity index (χ3v) is 17.5. The van der Waals surface area contributed by atoms with Gasteiger partial charge in [0.05, 0.1) is 106 Å². The molecule has 5 aliphatic rings. The standard InChI is InChI=1S/C25H24N6O3.C17H18ClN5O3.C13H10BrClN4O2.C8H8BNO2.2CH4/c1-2-18(17-4-5-26-20(17)3-1)23-28-21-19-14-16(30-6-10-32-11-7-30)15-27-25(19)34-22(21)24(29-23)31-8-12-33-13-9-31;18-17-20-13-12-9-11(22-1-5-24-6-2-22)10-19-16(12)26-14(13)15(21-17)23-3-7-25-8-4-23;14-7-5-8-9-10(21-12(8)16-6-7)11(18-13(15)17-9)19-1-3-20-4-2-19;11-9(12)7-2-1-3-8-6(7)4-5-10-8;;/h1-5,14-15,26H,6-13H2;9-10H,1-8H2;5-6H,1-4H2;1-5,10-12H;2*1H4. The number of H-pyrrole nitrogens is 2. The van der Waals surface area contributed by atoms with Crippen molar-refractivity contribution in [1.29, 1.82) is 0 Å². The molecule has 0 amide bonds. The Kier molecular flexibility index (Phi) is 19.8. The Labute approximate surface area is 562 Å². The van der Waals surface area contributed by atoms with E-state index >= 15 is 0 Å². The van der Waals surface area contributed by atoms with Crippen LogP contribution in [0.1, 0.15) is 14.9 Å². The summed E-state index contributed by atoms with van der Waals surface area (Å²) in [5, 5.41) is 22.9. The zero-order valence-electron chi connectivity index (χ0n) is 50.0. The average molecular weight is 1390 g/mol. The lowest BCUT2D eigenvalue weighted by Crippen LogP contribution is -2.37. The summed E-state index contributed by atoms with van der Waals surface area (Å²) in [6.07, 6.45) is 9.12. The summed E-state index contributed by atoms with van der Waals surface area (Å²) in [7, 11) is -1.40. The molecule has 0 bridgehead atoms. The minimum Gasteiger partial charge on any atom is -0.432 e. The highest BCUT2D eigenvalue weighted by atomic mass is 79.9. The quantitative estimate of drug-likeness (QED) is 0.0852. The second-order valence-corrected chi connectivity index (χ2v) is 23.9. The van der Waals surface area contributed by atoms with E-state index in [2.05, 4.69) is 116 Å². The van der Waals surface area contributed by atoms with Crippen LogP contribution in [0.4, 0.5) is 28.8 Å². The lowest BCUT2D eigenvalue weighted by atomic mass is 9.78. The van der Waals surface area contributed by atoms with Crippen molar-refractivity contribution in [2.24, 2.45) is 0 Å². The second kappa shape index (κ2) is 28.8. The number of hydrogen-bond donors (Lipinski definition) is 4. The van der Waals surface area contributed by atoms with Crippen LogP contribution in [0.3, 0.4) is 0 Å². The van der Waals surface area contributed by atoms with Gasteiger partial charge < -0.3 is 81.5 Å². The summed E-state index contributed by atoms with van der Waals surface area (Å²) >= 11 is 15.7. The van der Waals surface area contributed by atoms with Crippen molar-refractivity contribution < 1.29 is 47.0 Å². The van der Waals surface area contributed by atoms with Gasteiger partial charge in [-0.25, -0.2) is 34.9 Å². The van der Waals surface area contributed by atoms with Crippen LogP contribution >= 0.6 is 39.1 Å². The van der Waals surface area contributed by atoms with Gasteiger partial charge in [0.15, 0.2) is 40.0 Å². The topological polar surface area (TPSA) is 290 Å². The van der Waals surface area contributed by atoms with Crippen molar-refractivity contribution in [3.63, 3.8) is 0 Å². The van der Waals surface area contributed by atoms with E-state index in [4.69, 9.17) is 80.2 Å². The van der Waals surface area contributed by atoms with Crippen molar-refractivity contribution in [2.45, 2.75) is 14.9 Å². The lowest BCUT2D eigenvalue weighted by molar-refractivity contribution is 0.122. The lowest BCUT2D eigenvalue weighted by Gasteiger charge is -2.28. The van der Waals surface area contributed by atoms with Gasteiger partial charge in [-0.2, -0.15) is 9.97 Å². The molecule has 0 atom stereocenters. The molecule has 13 aromatic rings. The van der Waals surface area contributed by atoms with E-state index < -0.39 is 7.12 Å². The number of morpholine rings is 5. The highest BCUT2D eigenvalue weighted by Crippen LogP contribution is 2.40. The number of nitrogens with one attached hydrogen (secondary N) is 2. The number of nitrogens with zero attached hydrogens (tertiary/aromatic N) is 14. The SMILES string of the molecule is C.C.Clc1nc(N2CCOCC2)c2oc3ncc(Br)cc3c2n1.Clc1nc(N2CCOCC2)c2oc3ncc(N4CCOCC4)cc3c2n1.OB(O)c1cccc2[nH]ccc12.c1cc(-c2nc(N3CCOCC3)c3oc4ncc(N5CCOCC5)cc4c3n2)c2cc[nH]c2c1. The number of ether oxygens (including phenoxy) is 5. The van der Waals surface area contributed by atoms with Gasteiger partial charge >= 0.3 is 7.12 Å². The minimum atomic E-state index is -1.40. The summed E-state index contributed by atoms with van der Waals surface area (Å²) < 4.78 is 46.3. The van der Waals surface area contributed by atoms with Crippen molar-refractivity contribution in [3.05, 3.63) is 113 Å². The molecular formula is C65H68BBrCl2N16O10. The van der Waals surface area contributed by atoms with Crippen LogP contribution in [0.15, 0.2) is 115 Å². The molecule has 16 heterocycles. The zero-order valence-corrected chi connectivity index (χ0v) is 53.1. The van der Waals surface area contributed by atoms with Gasteiger partial charge in [-0.3, -0.25) is 0 Å². The summed E-state index contributed by atoms with van der Waals surface area (Å²) in [5.41, 5.74) is 11.3. The summed E-state index contributed by atoms with van der Waals surface area (Å²) in [6.45, 7) is 14.7. The van der Waals surface area contributed by atoms with Crippen LogP contribution in [0.25, 0.3) is 99.8 Å². The van der Waals surface area contributed by atoms with Gasteiger partial charge in [0.25, 0.3) is 0 Å². The number of hydrogen-bond acceptors (Lipinski definition) is 24. The molecule has 492 valence electrons. The molecule has 5 saturated heterocycles. The number of benzene rings is 2. The maximum atomic E-state index is 8.98.